The van der Waals surface area contributed by atoms with Crippen LogP contribution in [0.15, 0.2) is 24.3 Å². The largest absolute Gasteiger partial charge is 0.481 e. The summed E-state index contributed by atoms with van der Waals surface area (Å²) >= 11 is 1.09. The normalized spacial score (nSPS) is 33.7. The van der Waals surface area contributed by atoms with Gasteiger partial charge in [0.05, 0.1) is 31.7 Å². The number of nitrogen functional groups attached to an aromatic ring is 1. The van der Waals surface area contributed by atoms with E-state index in [9.17, 15) is 68.1 Å². The lowest BCUT2D eigenvalue weighted by molar-refractivity contribution is -0.174. The van der Waals surface area contributed by atoms with Gasteiger partial charge in [-0.3, -0.25) is 32.5 Å². The number of imidazole rings is 1. The summed E-state index contributed by atoms with van der Waals surface area (Å²) in [6, 6.07) is 0. The molecule has 2 aromatic heterocycles. The molecule has 4 saturated carbocycles. The van der Waals surface area contributed by atoms with Crippen molar-refractivity contribution in [2.24, 2.45) is 51.8 Å². The van der Waals surface area contributed by atoms with Crippen LogP contribution in [0.1, 0.15) is 118 Å². The summed E-state index contributed by atoms with van der Waals surface area (Å²) in [7, 11) is -16.5. The van der Waals surface area contributed by atoms with Gasteiger partial charge in [-0.05, 0) is 123 Å². The zero-order valence-corrected chi connectivity index (χ0v) is 48.2. The van der Waals surface area contributed by atoms with Gasteiger partial charge in [0, 0.05) is 30.7 Å². The quantitative estimate of drug-likeness (QED) is 0.0402. The van der Waals surface area contributed by atoms with Crippen LogP contribution in [0, 0.1) is 51.8 Å². The van der Waals surface area contributed by atoms with Crippen LogP contribution >= 0.6 is 35.2 Å². The van der Waals surface area contributed by atoms with Crippen molar-refractivity contribution in [1.29, 1.82) is 0 Å². The Kier molecular flexibility index (Phi) is 20.1. The number of nitrogens with one attached hydrogen (secondary N) is 2. The maximum atomic E-state index is 13.0. The molecule has 4 aliphatic carbocycles. The Morgan fingerprint density at radius 1 is 0.962 bits per heavy atom. The first-order valence-corrected chi connectivity index (χ1v) is 32.0. The van der Waals surface area contributed by atoms with Gasteiger partial charge < -0.3 is 61.1 Å². The summed E-state index contributed by atoms with van der Waals surface area (Å²) in [5.74, 6) is 1.56. The molecule has 2 aromatic rings. The van der Waals surface area contributed by atoms with Gasteiger partial charge in [-0.1, -0.05) is 52.5 Å². The number of nitrogens with zero attached hydrogens (tertiary/aromatic N) is 4. The van der Waals surface area contributed by atoms with E-state index in [0.29, 0.717) is 46.8 Å². The van der Waals surface area contributed by atoms with Crippen LogP contribution in [0.3, 0.4) is 0 Å². The predicted molar refractivity (Wildman–Crippen MR) is 282 cm³/mol. The Bertz CT molecular complexity index is 2660. The number of aliphatic hydroxyl groups excluding tert-OH is 4. The van der Waals surface area contributed by atoms with Crippen molar-refractivity contribution < 1.29 is 90.7 Å². The molecule has 440 valence electrons. The Hall–Kier alpha value is -2.78. The topological polar surface area (TPSA) is 404 Å². The molecular weight excluding hydrogens is 1100 g/mol. The molecule has 0 bridgehead atoms. The first-order valence-electron chi connectivity index (χ1n) is 26.5. The second-order valence-electron chi connectivity index (χ2n) is 23.1. The molecule has 12 N–H and O–H groups in total. The van der Waals surface area contributed by atoms with Crippen LogP contribution in [-0.4, -0.2) is 145 Å². The summed E-state index contributed by atoms with van der Waals surface area (Å²) in [5.41, 5.74) is 5.28. The number of phosphoric acid groups is 3. The first kappa shape index (κ1) is 62.8. The number of ether oxygens (including phenoxy) is 1. The third-order valence-corrected chi connectivity index (χ3v) is 21.6. The molecule has 5 aliphatic rings. The third-order valence-electron chi connectivity index (χ3n) is 17.5. The van der Waals surface area contributed by atoms with E-state index >= 15 is 0 Å². The number of hydrogen-bond acceptors (Lipinski definition) is 20. The summed E-state index contributed by atoms with van der Waals surface area (Å²) in [4.78, 5) is 89.8. The van der Waals surface area contributed by atoms with Gasteiger partial charge in [-0.15, -0.1) is 0 Å². The first-order chi connectivity index (χ1) is 36.4. The van der Waals surface area contributed by atoms with E-state index in [1.807, 2.05) is 6.08 Å². The number of rotatable bonds is 24. The number of nitrogens with two attached hydrogens (primary N) is 1. The number of carbonyl (C=O) groups is 3. The molecule has 17 atom stereocenters. The van der Waals surface area contributed by atoms with Crippen LogP contribution in [0.5, 0.6) is 0 Å². The van der Waals surface area contributed by atoms with Gasteiger partial charge in [-0.25, -0.2) is 28.6 Å². The molecule has 0 spiro atoms. The molecule has 3 heterocycles. The average Bonchev–Trinajstić information content (AvgIpc) is 4.21. The highest BCUT2D eigenvalue weighted by Gasteiger charge is 2.63. The molecule has 26 nitrogen and oxygen atoms in total. The molecule has 30 heteroatoms. The summed E-state index contributed by atoms with van der Waals surface area (Å²) in [6.45, 7) is 9.48. The SMILES string of the molecule is CC(=CCCC(C)[C@H]1CC[C@H]2[C@@H]3[C@H](O)C[C@@H]4C[C@H](O)CC[C@]4(C)[C@H]3CC[C@]12C)C(=O)SCCNC(=O)CCNC(=O)C(O)C(C)(C)COP(=O)(O)OP(=O)(O)OC[C@H]1O[C@@H](n2cnc3c(N)ncnc32)[C@H](O)[C@@H]1OP(=O)(O)O. The van der Waals surface area contributed by atoms with Crippen molar-refractivity contribution in [2.75, 3.05) is 37.8 Å². The maximum Gasteiger partial charge on any atom is 0.481 e. The Morgan fingerprint density at radius 3 is 2.37 bits per heavy atom. The number of aromatic nitrogens is 4. The van der Waals surface area contributed by atoms with Crippen LogP contribution in [-0.2, 0) is 50.7 Å². The van der Waals surface area contributed by atoms with Gasteiger partial charge in [-0.2, -0.15) is 4.31 Å². The lowest BCUT2D eigenvalue weighted by atomic mass is 9.43. The highest BCUT2D eigenvalue weighted by atomic mass is 32.2. The van der Waals surface area contributed by atoms with Gasteiger partial charge in [0.1, 0.15) is 36.3 Å². The van der Waals surface area contributed by atoms with Crippen molar-refractivity contribution in [3.8, 4) is 0 Å². The van der Waals surface area contributed by atoms with Gasteiger partial charge in [0.25, 0.3) is 0 Å². The Balaban J connectivity index is 0.775. The smallest absolute Gasteiger partial charge is 0.393 e. The van der Waals surface area contributed by atoms with E-state index in [0.717, 1.165) is 86.8 Å². The minimum absolute atomic E-state index is 0.0280. The summed E-state index contributed by atoms with van der Waals surface area (Å²) < 4.78 is 62.8. The number of amides is 2. The standard InChI is InChI=1S/C48H78N7O19P3S/c1-26(30-10-11-31-36-32(13-16-48(30,31)6)47(5)15-12-29(56)20-28(47)21-33(36)57)8-7-9-27(2)45(62)78-19-18-50-35(58)14-17-51-43(61)40(60)46(3,4)23-71-77(68,69)74-76(66,67)70-22-34-39(73-75(63,64)65)38(59)44(72-34)55-25-54-37-41(49)52-24-53-42(37)55/h9,24-26,28-34,36,38-40,44,56-57,59-60H,7-8,10-23H2,1-6H3,(H,50,58)(H,51,61)(H,66,67)(H,68,69)(H2,49,52,53)(H2,63,64,65)/t26?,28-,29+,30+,31-,32-,33+,34+,36-,38+,39+,40?,44+,47-,48+/m0/s1. The number of aliphatic hydroxyl groups is 4. The van der Waals surface area contributed by atoms with Gasteiger partial charge in [0.2, 0.25) is 16.9 Å². The minimum Gasteiger partial charge on any atom is -0.393 e. The number of anilines is 1. The summed E-state index contributed by atoms with van der Waals surface area (Å²) in [5, 5.41) is 48.7. The Labute approximate surface area is 457 Å². The number of phosphoric ester groups is 3. The van der Waals surface area contributed by atoms with Crippen molar-refractivity contribution in [3.05, 3.63) is 24.3 Å². The highest BCUT2D eigenvalue weighted by molar-refractivity contribution is 8.14. The lowest BCUT2D eigenvalue weighted by Crippen LogP contribution is -2.58. The van der Waals surface area contributed by atoms with E-state index in [-0.39, 0.29) is 64.6 Å². The number of allylic oxidation sites excluding steroid dienone is 1. The molecular formula is C48H78N7O19P3S. The zero-order valence-electron chi connectivity index (χ0n) is 44.7. The fraction of sp³-hybridized carbons (Fsp3) is 0.792. The molecule has 0 aromatic carbocycles. The molecule has 2 amide bonds. The summed E-state index contributed by atoms with van der Waals surface area (Å²) in [6.07, 6.45) is 4.28. The van der Waals surface area contributed by atoms with E-state index in [1.165, 1.54) is 20.3 Å². The molecule has 1 aliphatic heterocycles. The van der Waals surface area contributed by atoms with E-state index in [2.05, 4.69) is 55.2 Å². The van der Waals surface area contributed by atoms with Gasteiger partial charge in [0.15, 0.2) is 17.7 Å². The number of thioether (sulfide) groups is 1. The Morgan fingerprint density at radius 2 is 1.65 bits per heavy atom. The molecule has 78 heavy (non-hydrogen) atoms. The zero-order chi connectivity index (χ0) is 57.3. The predicted octanol–water partition coefficient (Wildman–Crippen LogP) is 4.02. The van der Waals surface area contributed by atoms with E-state index < -0.39 is 84.6 Å². The number of hydrogen-bond donors (Lipinski definition) is 11. The second kappa shape index (κ2) is 25.0. The molecule has 5 fully saturated rings. The highest BCUT2D eigenvalue weighted by Crippen LogP contribution is 2.68. The van der Waals surface area contributed by atoms with Crippen molar-refractivity contribution in [2.45, 2.75) is 155 Å². The average molecular weight is 1180 g/mol. The van der Waals surface area contributed by atoms with Crippen LogP contribution in [0.2, 0.25) is 0 Å². The fourth-order valence-electron chi connectivity index (χ4n) is 13.4. The number of carbonyl (C=O) groups excluding carboxylic acids is 3. The van der Waals surface area contributed by atoms with Crippen LogP contribution in [0.25, 0.3) is 11.2 Å². The third kappa shape index (κ3) is 14.5. The van der Waals surface area contributed by atoms with Crippen LogP contribution < -0.4 is 16.4 Å². The van der Waals surface area contributed by atoms with E-state index in [4.69, 9.17) is 19.5 Å². The van der Waals surface area contributed by atoms with Gasteiger partial charge >= 0.3 is 23.5 Å². The van der Waals surface area contributed by atoms with Crippen molar-refractivity contribution >= 4 is 69.1 Å². The molecule has 7 rings (SSSR count). The maximum absolute atomic E-state index is 13.0. The van der Waals surface area contributed by atoms with Crippen molar-refractivity contribution in [1.82, 2.24) is 30.2 Å². The van der Waals surface area contributed by atoms with Crippen LogP contribution in [0.4, 0.5) is 5.82 Å². The fourth-order valence-corrected chi connectivity index (χ4v) is 16.9. The number of fused-ring (bicyclic) bond motifs is 6. The molecule has 4 unspecified atom stereocenters. The van der Waals surface area contributed by atoms with E-state index in [1.54, 1.807) is 6.92 Å². The van der Waals surface area contributed by atoms with Crippen molar-refractivity contribution in [3.63, 3.8) is 0 Å². The molecule has 0 radical (unpaired) electrons. The molecule has 1 saturated heterocycles. The lowest BCUT2D eigenvalue weighted by Gasteiger charge is -2.62. The minimum atomic E-state index is -5.60. The second-order valence-corrected chi connectivity index (χ2v) is 28.4. The monoisotopic (exact) mass is 1180 g/mol.